The van der Waals surface area contributed by atoms with Crippen LogP contribution in [0.1, 0.15) is 18.5 Å². The minimum absolute atomic E-state index is 0.413. The highest BCUT2D eigenvalue weighted by molar-refractivity contribution is 5.73. The Morgan fingerprint density at radius 1 is 1.53 bits per heavy atom. The number of furan rings is 1. The first-order valence-corrected chi connectivity index (χ1v) is 6.20. The largest absolute Gasteiger partial charge is 0.480 e. The first-order valence-electron chi connectivity index (χ1n) is 6.20. The van der Waals surface area contributed by atoms with E-state index in [0.29, 0.717) is 24.5 Å². The van der Waals surface area contributed by atoms with Gasteiger partial charge in [0, 0.05) is 12.6 Å². The maximum atomic E-state index is 11.1. The van der Waals surface area contributed by atoms with E-state index in [1.807, 2.05) is 4.90 Å². The highest BCUT2D eigenvalue weighted by Crippen LogP contribution is 2.24. The lowest BCUT2D eigenvalue weighted by Gasteiger charge is -2.19. The highest BCUT2D eigenvalue weighted by atomic mass is 16.5. The molecule has 0 aromatic carbocycles. The van der Waals surface area contributed by atoms with Gasteiger partial charge < -0.3 is 14.0 Å². The van der Waals surface area contributed by atoms with Crippen molar-refractivity contribution in [3.63, 3.8) is 0 Å². The van der Waals surface area contributed by atoms with Gasteiger partial charge in [0.05, 0.1) is 12.0 Å². The molecule has 0 amide bonds. The number of aliphatic carboxylic acids is 1. The summed E-state index contributed by atoms with van der Waals surface area (Å²) in [6.07, 6.45) is 3.16. The summed E-state index contributed by atoms with van der Waals surface area (Å²) >= 11 is 0. The third-order valence-corrected chi connectivity index (χ3v) is 3.34. The molecule has 0 saturated carbocycles. The van der Waals surface area contributed by atoms with Gasteiger partial charge in [0.1, 0.15) is 6.04 Å². The molecule has 1 fully saturated rings. The smallest absolute Gasteiger partial charge is 0.320 e. The van der Waals surface area contributed by atoms with E-state index in [2.05, 4.69) is 5.16 Å². The second-order valence-corrected chi connectivity index (χ2v) is 4.63. The summed E-state index contributed by atoms with van der Waals surface area (Å²) < 4.78 is 10.4. The van der Waals surface area contributed by atoms with E-state index in [0.717, 1.165) is 18.7 Å². The quantitative estimate of drug-likeness (QED) is 0.907. The second kappa shape index (κ2) is 4.89. The van der Waals surface area contributed by atoms with E-state index < -0.39 is 12.0 Å². The fourth-order valence-electron chi connectivity index (χ4n) is 2.42. The number of hydrogen-bond donors (Lipinski definition) is 1. The van der Waals surface area contributed by atoms with Crippen LogP contribution in [0.3, 0.4) is 0 Å². The molecule has 6 nitrogen and oxygen atoms in total. The fraction of sp³-hybridized carbons (Fsp3) is 0.385. The third kappa shape index (κ3) is 2.39. The lowest BCUT2D eigenvalue weighted by molar-refractivity contribution is -0.142. The van der Waals surface area contributed by atoms with Gasteiger partial charge in [-0.2, -0.15) is 0 Å². The first kappa shape index (κ1) is 12.0. The number of carboxylic acids is 1. The summed E-state index contributed by atoms with van der Waals surface area (Å²) in [6.45, 7) is 1.26. The van der Waals surface area contributed by atoms with E-state index in [1.165, 1.54) is 0 Å². The lowest BCUT2D eigenvalue weighted by atomic mass is 10.2. The van der Waals surface area contributed by atoms with Crippen LogP contribution in [0.5, 0.6) is 0 Å². The Labute approximate surface area is 109 Å². The number of carbonyl (C=O) groups is 1. The first-order chi connectivity index (χ1) is 9.24. The Kier molecular flexibility index (Phi) is 3.08. The highest BCUT2D eigenvalue weighted by Gasteiger charge is 2.31. The average Bonchev–Trinajstić information content (AvgIpc) is 3.09. The number of rotatable bonds is 4. The fourth-order valence-corrected chi connectivity index (χ4v) is 2.42. The summed E-state index contributed by atoms with van der Waals surface area (Å²) in [4.78, 5) is 13.0. The van der Waals surface area contributed by atoms with Gasteiger partial charge >= 0.3 is 5.97 Å². The third-order valence-electron chi connectivity index (χ3n) is 3.34. The van der Waals surface area contributed by atoms with Gasteiger partial charge in [-0.05, 0) is 31.5 Å². The van der Waals surface area contributed by atoms with Crippen LogP contribution in [-0.2, 0) is 11.3 Å². The maximum absolute atomic E-state index is 11.1. The Morgan fingerprint density at radius 2 is 2.42 bits per heavy atom. The molecular weight excluding hydrogens is 248 g/mol. The molecule has 3 rings (SSSR count). The number of carboxylic acid groups (broad SMARTS) is 1. The topological polar surface area (TPSA) is 79.7 Å². The van der Waals surface area contributed by atoms with E-state index in [-0.39, 0.29) is 0 Å². The van der Waals surface area contributed by atoms with Gasteiger partial charge in [-0.25, -0.2) is 0 Å². The zero-order valence-electron chi connectivity index (χ0n) is 10.3. The van der Waals surface area contributed by atoms with Crippen molar-refractivity contribution in [3.05, 3.63) is 30.2 Å². The monoisotopic (exact) mass is 262 g/mol. The molecule has 1 saturated heterocycles. The second-order valence-electron chi connectivity index (χ2n) is 4.63. The molecule has 3 heterocycles. The predicted molar refractivity (Wildman–Crippen MR) is 65.3 cm³/mol. The molecule has 6 heteroatoms. The van der Waals surface area contributed by atoms with Crippen molar-refractivity contribution in [1.29, 1.82) is 0 Å². The Morgan fingerprint density at radius 3 is 3.16 bits per heavy atom. The van der Waals surface area contributed by atoms with Crippen LogP contribution in [0.4, 0.5) is 0 Å². The standard InChI is InChI=1S/C13H14N2O4/c16-13(17)10-3-1-5-15(10)8-9-7-12(19-14-9)11-4-2-6-18-11/h2,4,6-7,10H,1,3,5,8H2,(H,16,17). The zero-order chi connectivity index (χ0) is 13.2. The van der Waals surface area contributed by atoms with Crippen molar-refractivity contribution >= 4 is 5.97 Å². The van der Waals surface area contributed by atoms with Crippen LogP contribution in [0.25, 0.3) is 11.5 Å². The van der Waals surface area contributed by atoms with Crippen molar-refractivity contribution in [2.24, 2.45) is 0 Å². The summed E-state index contributed by atoms with van der Waals surface area (Å²) in [7, 11) is 0. The van der Waals surface area contributed by atoms with E-state index >= 15 is 0 Å². The zero-order valence-corrected chi connectivity index (χ0v) is 10.3. The Hall–Kier alpha value is -2.08. The van der Waals surface area contributed by atoms with E-state index in [9.17, 15) is 4.79 Å². The molecule has 19 heavy (non-hydrogen) atoms. The molecular formula is C13H14N2O4. The van der Waals surface area contributed by atoms with Crippen molar-refractivity contribution in [1.82, 2.24) is 10.1 Å². The number of hydrogen-bond acceptors (Lipinski definition) is 5. The molecule has 1 aliphatic rings. The minimum Gasteiger partial charge on any atom is -0.480 e. The van der Waals surface area contributed by atoms with E-state index in [1.54, 1.807) is 24.5 Å². The van der Waals surface area contributed by atoms with Crippen LogP contribution in [-0.4, -0.2) is 33.7 Å². The van der Waals surface area contributed by atoms with Crippen LogP contribution < -0.4 is 0 Å². The van der Waals surface area contributed by atoms with Crippen molar-refractivity contribution in [3.8, 4) is 11.5 Å². The normalized spacial score (nSPS) is 19.9. The SMILES string of the molecule is O=C(O)C1CCCN1Cc1cc(-c2ccco2)on1. The molecule has 2 aromatic rings. The Bertz CT molecular complexity index is 561. The van der Waals surface area contributed by atoms with Gasteiger partial charge in [-0.1, -0.05) is 5.16 Å². The molecule has 2 aromatic heterocycles. The van der Waals surface area contributed by atoms with Gasteiger partial charge in [0.15, 0.2) is 5.76 Å². The summed E-state index contributed by atoms with van der Waals surface area (Å²) in [5, 5.41) is 13.1. The molecule has 1 atom stereocenters. The molecule has 0 radical (unpaired) electrons. The summed E-state index contributed by atoms with van der Waals surface area (Å²) in [5.74, 6) is 0.410. The molecule has 1 aliphatic heterocycles. The van der Waals surface area contributed by atoms with Gasteiger partial charge in [-0.3, -0.25) is 9.69 Å². The van der Waals surface area contributed by atoms with E-state index in [4.69, 9.17) is 14.0 Å². The van der Waals surface area contributed by atoms with Crippen LogP contribution in [0.2, 0.25) is 0 Å². The molecule has 100 valence electrons. The molecule has 1 unspecified atom stereocenters. The van der Waals surface area contributed by atoms with Crippen molar-refractivity contribution in [2.75, 3.05) is 6.54 Å². The molecule has 0 aliphatic carbocycles. The average molecular weight is 262 g/mol. The number of likely N-dealkylation sites (tertiary alicyclic amines) is 1. The minimum atomic E-state index is -0.771. The molecule has 1 N–H and O–H groups in total. The van der Waals surface area contributed by atoms with Crippen molar-refractivity contribution < 1.29 is 18.8 Å². The summed E-state index contributed by atoms with van der Waals surface area (Å²) in [6, 6.07) is 4.94. The summed E-state index contributed by atoms with van der Waals surface area (Å²) in [5.41, 5.74) is 0.722. The molecule has 0 spiro atoms. The number of nitrogens with zero attached hydrogens (tertiary/aromatic N) is 2. The van der Waals surface area contributed by atoms with Gasteiger partial charge in [0.2, 0.25) is 5.76 Å². The van der Waals surface area contributed by atoms with Gasteiger partial charge in [-0.15, -0.1) is 0 Å². The Balaban J connectivity index is 1.72. The van der Waals surface area contributed by atoms with Gasteiger partial charge in [0.25, 0.3) is 0 Å². The molecule has 0 bridgehead atoms. The predicted octanol–water partition coefficient (Wildman–Crippen LogP) is 1.98. The lowest BCUT2D eigenvalue weighted by Crippen LogP contribution is -2.35. The van der Waals surface area contributed by atoms with Crippen LogP contribution in [0, 0.1) is 0 Å². The van der Waals surface area contributed by atoms with Crippen molar-refractivity contribution in [2.45, 2.75) is 25.4 Å². The van der Waals surface area contributed by atoms with Crippen LogP contribution >= 0.6 is 0 Å². The number of aromatic nitrogens is 1. The van der Waals surface area contributed by atoms with Crippen LogP contribution in [0.15, 0.2) is 33.4 Å². The maximum Gasteiger partial charge on any atom is 0.320 e.